The first-order chi connectivity index (χ1) is 13.0. The van der Waals surface area contributed by atoms with E-state index < -0.39 is 0 Å². The number of hydrogen-bond donors (Lipinski definition) is 2. The van der Waals surface area contributed by atoms with Crippen molar-refractivity contribution in [2.24, 2.45) is 17.8 Å². The number of hydrogen-bond acceptors (Lipinski definition) is 4. The molecule has 0 saturated heterocycles. The Morgan fingerprint density at radius 3 is 2.63 bits per heavy atom. The van der Waals surface area contributed by atoms with Gasteiger partial charge in [0, 0.05) is 18.5 Å². The fraction of sp³-hybridized carbons (Fsp3) is 0.750. The molecule has 7 nitrogen and oxygen atoms in total. The second-order valence-corrected chi connectivity index (χ2v) is 8.93. The Labute approximate surface area is 157 Å². The third-order valence-electron chi connectivity index (χ3n) is 7.33. The second-order valence-electron chi connectivity index (χ2n) is 8.93. The minimum Gasteiger partial charge on any atom is -0.393 e. The summed E-state index contributed by atoms with van der Waals surface area (Å²) in [7, 11) is 0. The van der Waals surface area contributed by atoms with Crippen LogP contribution in [0.15, 0.2) is 9.59 Å². The van der Waals surface area contributed by atoms with Crippen LogP contribution in [-0.2, 0) is 18.5 Å². The highest BCUT2D eigenvalue weighted by molar-refractivity contribution is 5.70. The van der Waals surface area contributed by atoms with E-state index in [0.29, 0.717) is 36.1 Å². The van der Waals surface area contributed by atoms with Crippen LogP contribution in [-0.4, -0.2) is 30.3 Å². The number of H-pyrrole nitrogens is 1. The second kappa shape index (κ2) is 5.80. The molecule has 0 aromatic carbocycles. The lowest BCUT2D eigenvalue weighted by Crippen LogP contribution is -2.40. The number of aliphatic hydroxyl groups excluding tert-OH is 1. The van der Waals surface area contributed by atoms with Crippen LogP contribution in [0.3, 0.4) is 0 Å². The van der Waals surface area contributed by atoms with E-state index in [1.54, 1.807) is 4.57 Å². The van der Waals surface area contributed by atoms with Gasteiger partial charge in [0.2, 0.25) is 0 Å². The van der Waals surface area contributed by atoms with Crippen molar-refractivity contribution in [2.45, 2.75) is 77.0 Å². The number of nitrogens with zero attached hydrogens (tertiary/aromatic N) is 3. The summed E-state index contributed by atoms with van der Waals surface area (Å²) in [5, 5.41) is 10.7. The van der Waals surface area contributed by atoms with E-state index in [4.69, 9.17) is 4.98 Å². The molecule has 4 saturated carbocycles. The lowest BCUT2D eigenvalue weighted by molar-refractivity contribution is 0.0522. The Kier molecular flexibility index (Phi) is 3.70. The Morgan fingerprint density at radius 2 is 1.89 bits per heavy atom. The summed E-state index contributed by atoms with van der Waals surface area (Å²) < 4.78 is 2.99. The first kappa shape index (κ1) is 17.2. The molecule has 7 heteroatoms. The van der Waals surface area contributed by atoms with Gasteiger partial charge in [-0.3, -0.25) is 13.9 Å². The first-order valence-electron chi connectivity index (χ1n) is 10.4. The molecule has 4 bridgehead atoms. The topological polar surface area (TPSA) is 92.9 Å². The van der Waals surface area contributed by atoms with Crippen LogP contribution in [0.25, 0.3) is 11.2 Å². The van der Waals surface area contributed by atoms with E-state index in [1.807, 2.05) is 13.8 Å². The number of aromatic nitrogens is 4. The van der Waals surface area contributed by atoms with Crippen LogP contribution >= 0.6 is 0 Å². The lowest BCUT2D eigenvalue weighted by atomic mass is 9.75. The number of aryl methyl sites for hydroxylation is 1. The molecule has 0 amide bonds. The molecule has 2 aromatic rings. The van der Waals surface area contributed by atoms with Gasteiger partial charge in [-0.15, -0.1) is 0 Å². The summed E-state index contributed by atoms with van der Waals surface area (Å²) in [5.74, 6) is 2.05. The smallest absolute Gasteiger partial charge is 0.332 e. The molecule has 5 atom stereocenters. The Morgan fingerprint density at radius 1 is 1.15 bits per heavy atom. The van der Waals surface area contributed by atoms with E-state index in [9.17, 15) is 14.7 Å². The number of aromatic amines is 1. The van der Waals surface area contributed by atoms with Crippen LogP contribution in [0.4, 0.5) is 0 Å². The molecular weight excluding hydrogens is 344 g/mol. The maximum atomic E-state index is 13.0. The van der Waals surface area contributed by atoms with Gasteiger partial charge in [0.1, 0.15) is 11.3 Å². The van der Waals surface area contributed by atoms with Crippen molar-refractivity contribution < 1.29 is 5.11 Å². The van der Waals surface area contributed by atoms with Gasteiger partial charge in [-0.1, -0.05) is 13.8 Å². The highest BCUT2D eigenvalue weighted by Crippen LogP contribution is 2.65. The number of nitrogens with one attached hydrogen (secondary N) is 1. The molecular formula is C20H28N4O3. The molecule has 0 spiro atoms. The molecule has 6 rings (SSSR count). The van der Waals surface area contributed by atoms with Crippen molar-refractivity contribution in [2.75, 3.05) is 0 Å². The zero-order valence-corrected chi connectivity index (χ0v) is 16.1. The SMILES string of the molecule is CCCn1c(=O)c2[nH]c(C34CC5CC(C3)[C@H](O)C4C5)nc2n(CCC)c1=O. The van der Waals surface area contributed by atoms with Crippen LogP contribution in [0.1, 0.15) is 58.2 Å². The summed E-state index contributed by atoms with van der Waals surface area (Å²) in [4.78, 5) is 34.0. The van der Waals surface area contributed by atoms with Gasteiger partial charge in [0.05, 0.1) is 6.10 Å². The maximum absolute atomic E-state index is 13.0. The van der Waals surface area contributed by atoms with Crippen LogP contribution < -0.4 is 11.2 Å². The monoisotopic (exact) mass is 372 g/mol. The Balaban J connectivity index is 1.73. The zero-order chi connectivity index (χ0) is 18.9. The van der Waals surface area contributed by atoms with Crippen molar-refractivity contribution in [3.63, 3.8) is 0 Å². The molecule has 0 aliphatic heterocycles. The van der Waals surface area contributed by atoms with Crippen LogP contribution in [0.5, 0.6) is 0 Å². The molecule has 27 heavy (non-hydrogen) atoms. The summed E-state index contributed by atoms with van der Waals surface area (Å²) in [6.07, 6.45) is 5.42. The van der Waals surface area contributed by atoms with Gasteiger partial charge < -0.3 is 10.1 Å². The van der Waals surface area contributed by atoms with E-state index in [2.05, 4.69) is 4.98 Å². The minimum atomic E-state index is -0.266. The van der Waals surface area contributed by atoms with Gasteiger partial charge in [-0.2, -0.15) is 0 Å². The van der Waals surface area contributed by atoms with Crippen molar-refractivity contribution in [1.82, 2.24) is 19.1 Å². The Bertz CT molecular complexity index is 1020. The number of imidazole rings is 1. The quantitative estimate of drug-likeness (QED) is 0.836. The molecule has 0 radical (unpaired) electrons. The summed E-state index contributed by atoms with van der Waals surface area (Å²) in [6, 6.07) is 0. The van der Waals surface area contributed by atoms with Crippen molar-refractivity contribution in [3.8, 4) is 0 Å². The fourth-order valence-corrected chi connectivity index (χ4v) is 6.40. The van der Waals surface area contributed by atoms with Crippen LogP contribution in [0, 0.1) is 17.8 Å². The minimum absolute atomic E-state index is 0.152. The van der Waals surface area contributed by atoms with Crippen molar-refractivity contribution in [1.29, 1.82) is 0 Å². The highest BCUT2D eigenvalue weighted by Gasteiger charge is 2.64. The molecule has 4 aliphatic carbocycles. The van der Waals surface area contributed by atoms with Gasteiger partial charge in [0.25, 0.3) is 5.56 Å². The molecule has 4 unspecified atom stereocenters. The first-order valence-corrected chi connectivity index (χ1v) is 10.4. The van der Waals surface area contributed by atoms with Gasteiger partial charge in [-0.05, 0) is 56.3 Å². The van der Waals surface area contributed by atoms with Crippen molar-refractivity contribution in [3.05, 3.63) is 26.7 Å². The summed E-state index contributed by atoms with van der Waals surface area (Å²) >= 11 is 0. The van der Waals surface area contributed by atoms with E-state index in [-0.39, 0.29) is 28.7 Å². The average Bonchev–Trinajstić information content (AvgIpc) is 3.26. The Hall–Kier alpha value is -1.89. The normalized spacial score (nSPS) is 34.2. The van der Waals surface area contributed by atoms with Gasteiger partial charge in [-0.25, -0.2) is 9.78 Å². The fourth-order valence-electron chi connectivity index (χ4n) is 6.40. The largest absolute Gasteiger partial charge is 0.393 e. The number of aliphatic hydroxyl groups is 1. The molecule has 2 N–H and O–H groups in total. The average molecular weight is 372 g/mol. The lowest BCUT2D eigenvalue weighted by Gasteiger charge is -2.30. The summed E-state index contributed by atoms with van der Waals surface area (Å²) in [6.45, 7) is 4.96. The summed E-state index contributed by atoms with van der Waals surface area (Å²) in [5.41, 5.74) is 0.258. The van der Waals surface area contributed by atoms with Crippen LogP contribution in [0.2, 0.25) is 0 Å². The number of fused-ring (bicyclic) bond motifs is 1. The highest BCUT2D eigenvalue weighted by atomic mass is 16.3. The molecule has 2 heterocycles. The van der Waals surface area contributed by atoms with E-state index in [1.165, 1.54) is 4.57 Å². The van der Waals surface area contributed by atoms with E-state index >= 15 is 0 Å². The molecule has 4 fully saturated rings. The van der Waals surface area contributed by atoms with E-state index in [0.717, 1.165) is 44.3 Å². The molecule has 4 aliphatic rings. The van der Waals surface area contributed by atoms with Gasteiger partial charge in [0.15, 0.2) is 5.65 Å². The number of rotatable bonds is 5. The maximum Gasteiger partial charge on any atom is 0.332 e. The van der Waals surface area contributed by atoms with Crippen molar-refractivity contribution >= 4 is 11.2 Å². The zero-order valence-electron chi connectivity index (χ0n) is 16.1. The molecule has 146 valence electrons. The third kappa shape index (κ3) is 2.15. The third-order valence-corrected chi connectivity index (χ3v) is 7.33. The standard InChI is InChI=1S/C20H28N4O3/c1-3-5-23-16-14(17(26)24(6-4-2)19(23)27)21-18(22-16)20-9-11-7-12(10-20)15(25)13(20)8-11/h11-13,15,25H,3-10H2,1-2H3,(H,21,22)/t11?,12?,13?,15-,20?/m0/s1. The predicted molar refractivity (Wildman–Crippen MR) is 102 cm³/mol. The molecule has 2 aromatic heterocycles. The predicted octanol–water partition coefficient (Wildman–Crippen LogP) is 1.75. The van der Waals surface area contributed by atoms with Gasteiger partial charge >= 0.3 is 5.69 Å².